The van der Waals surface area contributed by atoms with E-state index >= 15 is 0 Å². The van der Waals surface area contributed by atoms with Crippen LogP contribution in [0.15, 0.2) is 60.7 Å². The molecule has 2 nitrogen and oxygen atoms in total. The van der Waals surface area contributed by atoms with Crippen LogP contribution < -0.4 is 4.74 Å². The van der Waals surface area contributed by atoms with Crippen molar-refractivity contribution in [3.05, 3.63) is 89.0 Å². The SMILES string of the molecule is CCCCCCCc1ccc(OC(=O)c2ccc(-c3ccc(CCCCCCC)c(F)c3)cc2)c(F)c1. The highest BCUT2D eigenvalue weighted by molar-refractivity contribution is 5.91. The minimum atomic E-state index is -0.623. The van der Waals surface area contributed by atoms with Crippen LogP contribution in [0.5, 0.6) is 5.75 Å². The number of unbranched alkanes of at least 4 members (excludes halogenated alkanes) is 8. The summed E-state index contributed by atoms with van der Waals surface area (Å²) < 4.78 is 34.5. The maximum absolute atomic E-state index is 14.6. The van der Waals surface area contributed by atoms with Gasteiger partial charge >= 0.3 is 5.97 Å². The van der Waals surface area contributed by atoms with Gasteiger partial charge in [-0.05, 0) is 78.3 Å². The molecule has 198 valence electrons. The molecule has 0 saturated heterocycles. The molecule has 3 rings (SSSR count). The summed E-state index contributed by atoms with van der Waals surface area (Å²) in [6.07, 6.45) is 13.1. The van der Waals surface area contributed by atoms with Gasteiger partial charge in [0.1, 0.15) is 5.82 Å². The van der Waals surface area contributed by atoms with Gasteiger partial charge in [0.25, 0.3) is 0 Å². The molecule has 0 bridgehead atoms. The normalized spacial score (nSPS) is 11.0. The average Bonchev–Trinajstić information content (AvgIpc) is 2.90. The number of aryl methyl sites for hydroxylation is 2. The van der Waals surface area contributed by atoms with Crippen molar-refractivity contribution in [1.29, 1.82) is 0 Å². The van der Waals surface area contributed by atoms with Crippen molar-refractivity contribution >= 4 is 5.97 Å². The van der Waals surface area contributed by atoms with Gasteiger partial charge in [-0.3, -0.25) is 0 Å². The summed E-state index contributed by atoms with van der Waals surface area (Å²) in [7, 11) is 0. The molecule has 0 spiro atoms. The number of carbonyl (C=O) groups is 1. The van der Waals surface area contributed by atoms with Crippen molar-refractivity contribution in [3.8, 4) is 16.9 Å². The molecular formula is C33H40F2O2. The Morgan fingerprint density at radius 3 is 1.89 bits per heavy atom. The standard InChI is InChI=1S/C33H40F2O2/c1-3-5-7-9-11-13-25-15-22-32(31(35)23-25)37-33(36)28-19-16-26(17-20-28)29-21-18-27(30(34)24-29)14-12-10-8-6-4-2/h15-24H,3-14H2,1-2H3. The molecule has 0 aliphatic carbocycles. The fraction of sp³-hybridized carbons (Fsp3) is 0.424. The van der Waals surface area contributed by atoms with E-state index in [1.165, 1.54) is 50.7 Å². The van der Waals surface area contributed by atoms with Gasteiger partial charge in [0.2, 0.25) is 0 Å². The van der Waals surface area contributed by atoms with Crippen LogP contribution in [0, 0.1) is 11.6 Å². The molecule has 3 aromatic rings. The molecule has 0 saturated carbocycles. The largest absolute Gasteiger partial charge is 0.420 e. The second-order valence-electron chi connectivity index (χ2n) is 9.87. The van der Waals surface area contributed by atoms with Gasteiger partial charge in [-0.2, -0.15) is 0 Å². The molecule has 0 amide bonds. The highest BCUT2D eigenvalue weighted by Crippen LogP contribution is 2.25. The smallest absolute Gasteiger partial charge is 0.343 e. The lowest BCUT2D eigenvalue weighted by Crippen LogP contribution is -2.09. The van der Waals surface area contributed by atoms with Crippen molar-refractivity contribution in [3.63, 3.8) is 0 Å². The Morgan fingerprint density at radius 1 is 0.649 bits per heavy atom. The molecule has 0 atom stereocenters. The number of ether oxygens (including phenoxy) is 1. The molecule has 0 heterocycles. The van der Waals surface area contributed by atoms with E-state index in [1.807, 2.05) is 18.2 Å². The second-order valence-corrected chi connectivity index (χ2v) is 9.87. The third-order valence-electron chi connectivity index (χ3n) is 6.82. The van der Waals surface area contributed by atoms with Gasteiger partial charge in [0.15, 0.2) is 11.6 Å². The van der Waals surface area contributed by atoms with Crippen LogP contribution in [-0.4, -0.2) is 5.97 Å². The molecular weight excluding hydrogens is 466 g/mol. The summed E-state index contributed by atoms with van der Waals surface area (Å²) in [5.74, 6) is -1.42. The number of rotatable bonds is 15. The highest BCUT2D eigenvalue weighted by atomic mass is 19.1. The summed E-state index contributed by atoms with van der Waals surface area (Å²) in [5, 5.41) is 0. The van der Waals surface area contributed by atoms with Crippen LogP contribution in [0.1, 0.15) is 99.5 Å². The van der Waals surface area contributed by atoms with E-state index in [0.717, 1.165) is 60.8 Å². The Bertz CT molecular complexity index is 1120. The number of halogens is 2. The zero-order chi connectivity index (χ0) is 26.5. The zero-order valence-corrected chi connectivity index (χ0v) is 22.3. The highest BCUT2D eigenvalue weighted by Gasteiger charge is 2.13. The fourth-order valence-corrected chi connectivity index (χ4v) is 4.52. The maximum atomic E-state index is 14.6. The molecule has 0 fully saturated rings. The van der Waals surface area contributed by atoms with Gasteiger partial charge < -0.3 is 4.74 Å². The average molecular weight is 507 g/mol. The van der Waals surface area contributed by atoms with Crippen LogP contribution in [0.2, 0.25) is 0 Å². The van der Waals surface area contributed by atoms with E-state index in [-0.39, 0.29) is 11.6 Å². The first-order chi connectivity index (χ1) is 18.0. The van der Waals surface area contributed by atoms with Gasteiger partial charge in [-0.15, -0.1) is 0 Å². The lowest BCUT2D eigenvalue weighted by atomic mass is 9.99. The molecule has 0 aromatic heterocycles. The summed E-state index contributed by atoms with van der Waals surface area (Å²) in [5.41, 5.74) is 3.52. The third kappa shape index (κ3) is 9.10. The first kappa shape index (κ1) is 28.6. The Labute approximate surface area is 221 Å². The molecule has 0 radical (unpaired) electrons. The van der Waals surface area contributed by atoms with E-state index in [1.54, 1.807) is 30.3 Å². The van der Waals surface area contributed by atoms with E-state index in [0.29, 0.717) is 5.56 Å². The number of esters is 1. The lowest BCUT2D eigenvalue weighted by molar-refractivity contribution is 0.0728. The summed E-state index contributed by atoms with van der Waals surface area (Å²) in [6.45, 7) is 4.36. The van der Waals surface area contributed by atoms with E-state index in [9.17, 15) is 13.6 Å². The van der Waals surface area contributed by atoms with Crippen molar-refractivity contribution in [2.75, 3.05) is 0 Å². The van der Waals surface area contributed by atoms with Gasteiger partial charge in [0.05, 0.1) is 5.56 Å². The van der Waals surface area contributed by atoms with Crippen LogP contribution in [0.3, 0.4) is 0 Å². The van der Waals surface area contributed by atoms with Crippen molar-refractivity contribution in [2.24, 2.45) is 0 Å². The van der Waals surface area contributed by atoms with Gasteiger partial charge in [-0.25, -0.2) is 13.6 Å². The molecule has 0 unspecified atom stereocenters. The molecule has 0 N–H and O–H groups in total. The van der Waals surface area contributed by atoms with Crippen molar-refractivity contribution in [2.45, 2.75) is 90.9 Å². The summed E-state index contributed by atoms with van der Waals surface area (Å²) in [6, 6.07) is 16.9. The number of hydrogen-bond acceptors (Lipinski definition) is 2. The van der Waals surface area contributed by atoms with Gasteiger partial charge in [0, 0.05) is 0 Å². The molecule has 3 aromatic carbocycles. The minimum absolute atomic E-state index is 0.0730. The molecule has 37 heavy (non-hydrogen) atoms. The van der Waals surface area contributed by atoms with Crippen LogP contribution >= 0.6 is 0 Å². The van der Waals surface area contributed by atoms with Crippen molar-refractivity contribution < 1.29 is 18.3 Å². The number of carbonyl (C=O) groups excluding carboxylic acids is 1. The lowest BCUT2D eigenvalue weighted by Gasteiger charge is -2.09. The third-order valence-corrected chi connectivity index (χ3v) is 6.82. The topological polar surface area (TPSA) is 26.3 Å². The Hall–Kier alpha value is -3.01. The van der Waals surface area contributed by atoms with E-state index in [4.69, 9.17) is 4.74 Å². The molecule has 0 aliphatic rings. The van der Waals surface area contributed by atoms with Crippen LogP contribution in [-0.2, 0) is 12.8 Å². The predicted molar refractivity (Wildman–Crippen MR) is 148 cm³/mol. The van der Waals surface area contributed by atoms with Crippen molar-refractivity contribution in [1.82, 2.24) is 0 Å². The van der Waals surface area contributed by atoms with E-state index < -0.39 is 11.8 Å². The minimum Gasteiger partial charge on any atom is -0.420 e. The summed E-state index contributed by atoms with van der Waals surface area (Å²) >= 11 is 0. The number of hydrogen-bond donors (Lipinski definition) is 0. The predicted octanol–water partition coefficient (Wildman–Crippen LogP) is 9.88. The van der Waals surface area contributed by atoms with E-state index in [2.05, 4.69) is 13.8 Å². The molecule has 0 aliphatic heterocycles. The monoisotopic (exact) mass is 506 g/mol. The van der Waals surface area contributed by atoms with Gasteiger partial charge in [-0.1, -0.05) is 95.5 Å². The molecule has 4 heteroatoms. The Morgan fingerprint density at radius 2 is 1.27 bits per heavy atom. The maximum Gasteiger partial charge on any atom is 0.343 e. The first-order valence-electron chi connectivity index (χ1n) is 13.9. The second kappa shape index (κ2) is 15.3. The Balaban J connectivity index is 1.55. The van der Waals surface area contributed by atoms with Crippen LogP contribution in [0.25, 0.3) is 11.1 Å². The first-order valence-corrected chi connectivity index (χ1v) is 13.9. The quantitative estimate of drug-likeness (QED) is 0.116. The summed E-state index contributed by atoms with van der Waals surface area (Å²) in [4.78, 5) is 12.6. The fourth-order valence-electron chi connectivity index (χ4n) is 4.52. The van der Waals surface area contributed by atoms with Crippen LogP contribution in [0.4, 0.5) is 8.78 Å². The number of benzene rings is 3. The zero-order valence-electron chi connectivity index (χ0n) is 22.3. The Kier molecular flexibility index (Phi) is 11.8.